The highest BCUT2D eigenvalue weighted by molar-refractivity contribution is 5.89. The smallest absolute Gasteiger partial charge is 0.414 e. The van der Waals surface area contributed by atoms with E-state index in [0.29, 0.717) is 11.3 Å². The minimum absolute atomic E-state index is 0.161. The van der Waals surface area contributed by atoms with E-state index in [1.165, 1.54) is 34.1 Å². The van der Waals surface area contributed by atoms with Crippen molar-refractivity contribution in [3.05, 3.63) is 42.0 Å². The van der Waals surface area contributed by atoms with E-state index in [9.17, 15) is 9.18 Å². The maximum Gasteiger partial charge on any atom is 0.414 e. The van der Waals surface area contributed by atoms with E-state index >= 15 is 0 Å². The van der Waals surface area contributed by atoms with E-state index in [2.05, 4.69) is 5.10 Å². The number of aliphatic hydroxyl groups is 1. The van der Waals surface area contributed by atoms with Crippen LogP contribution in [-0.2, 0) is 4.74 Å². The number of aliphatic hydroxyl groups excluding tert-OH is 1. The van der Waals surface area contributed by atoms with E-state index in [0.717, 1.165) is 0 Å². The molecule has 8 heteroatoms. The number of ether oxygens (including phenoxy) is 1. The van der Waals surface area contributed by atoms with Crippen molar-refractivity contribution in [3.8, 4) is 11.8 Å². The molecule has 7 nitrogen and oxygen atoms in total. The fourth-order valence-corrected chi connectivity index (χ4v) is 2.19. The standard InChI is InChI=1S/C14H11FN4O3/c15-12-3-10(18-7-11(8-20)22-14(18)21)1-2-13(12)19-6-9(4-16)5-17-19/h1-3,5-6,11,20H,7-8H2. The van der Waals surface area contributed by atoms with Gasteiger partial charge in [0.25, 0.3) is 0 Å². The summed E-state index contributed by atoms with van der Waals surface area (Å²) >= 11 is 0. The van der Waals surface area contributed by atoms with E-state index in [1.807, 2.05) is 6.07 Å². The molecule has 1 fully saturated rings. The number of carbonyl (C=O) groups excluding carboxylic acids is 1. The van der Waals surface area contributed by atoms with Gasteiger partial charge < -0.3 is 9.84 Å². The largest absolute Gasteiger partial charge is 0.441 e. The fourth-order valence-electron chi connectivity index (χ4n) is 2.19. The van der Waals surface area contributed by atoms with Crippen molar-refractivity contribution in [2.75, 3.05) is 18.1 Å². The van der Waals surface area contributed by atoms with Crippen LogP contribution in [0.2, 0.25) is 0 Å². The van der Waals surface area contributed by atoms with E-state index in [4.69, 9.17) is 15.1 Å². The normalized spacial score (nSPS) is 17.4. The maximum atomic E-state index is 14.2. The zero-order valence-corrected chi connectivity index (χ0v) is 11.3. The first-order valence-electron chi connectivity index (χ1n) is 6.46. The molecule has 22 heavy (non-hydrogen) atoms. The highest BCUT2D eigenvalue weighted by atomic mass is 19.1. The Morgan fingerprint density at radius 1 is 1.55 bits per heavy atom. The highest BCUT2D eigenvalue weighted by Gasteiger charge is 2.32. The molecule has 0 bridgehead atoms. The van der Waals surface area contributed by atoms with Crippen molar-refractivity contribution in [1.82, 2.24) is 9.78 Å². The third-order valence-electron chi connectivity index (χ3n) is 3.28. The third-order valence-corrected chi connectivity index (χ3v) is 3.28. The molecule has 1 aliphatic heterocycles. The number of cyclic esters (lactones) is 1. The van der Waals surface area contributed by atoms with Crippen molar-refractivity contribution >= 4 is 11.8 Å². The van der Waals surface area contributed by atoms with E-state index in [-0.39, 0.29) is 18.8 Å². The second-order valence-corrected chi connectivity index (χ2v) is 4.72. The lowest BCUT2D eigenvalue weighted by atomic mass is 10.2. The van der Waals surface area contributed by atoms with Crippen LogP contribution in [0.4, 0.5) is 14.9 Å². The maximum absolute atomic E-state index is 14.2. The van der Waals surface area contributed by atoms with Crippen molar-refractivity contribution in [1.29, 1.82) is 5.26 Å². The van der Waals surface area contributed by atoms with Gasteiger partial charge in [0.05, 0.1) is 30.6 Å². The quantitative estimate of drug-likeness (QED) is 0.920. The Bertz CT molecular complexity index is 768. The number of benzene rings is 1. The zero-order valence-electron chi connectivity index (χ0n) is 11.3. The van der Waals surface area contributed by atoms with Crippen molar-refractivity contribution in [2.24, 2.45) is 0 Å². The number of hydrogen-bond acceptors (Lipinski definition) is 5. The van der Waals surface area contributed by atoms with Crippen molar-refractivity contribution in [2.45, 2.75) is 6.10 Å². The van der Waals surface area contributed by atoms with Gasteiger partial charge in [0.2, 0.25) is 0 Å². The SMILES string of the molecule is N#Cc1cnn(-c2ccc(N3CC(CO)OC3=O)cc2F)c1. The first kappa shape index (κ1) is 14.0. The topological polar surface area (TPSA) is 91.4 Å². The molecule has 1 N–H and O–H groups in total. The molecule has 0 saturated carbocycles. The predicted octanol–water partition coefficient (Wildman–Crippen LogP) is 1.20. The minimum atomic E-state index is -0.628. The summed E-state index contributed by atoms with van der Waals surface area (Å²) in [6.45, 7) is -0.124. The van der Waals surface area contributed by atoms with E-state index < -0.39 is 18.0 Å². The van der Waals surface area contributed by atoms with E-state index in [1.54, 1.807) is 6.07 Å². The number of anilines is 1. The van der Waals surface area contributed by atoms with Gasteiger partial charge in [-0.3, -0.25) is 4.90 Å². The van der Waals surface area contributed by atoms with Crippen LogP contribution in [0.5, 0.6) is 0 Å². The summed E-state index contributed by atoms with van der Waals surface area (Å²) in [7, 11) is 0. The lowest BCUT2D eigenvalue weighted by Crippen LogP contribution is -2.25. The molecule has 1 atom stereocenters. The number of carbonyl (C=O) groups is 1. The Morgan fingerprint density at radius 3 is 2.95 bits per heavy atom. The number of amides is 1. The predicted molar refractivity (Wildman–Crippen MR) is 72.9 cm³/mol. The number of aromatic nitrogens is 2. The van der Waals surface area contributed by atoms with Gasteiger partial charge in [-0.15, -0.1) is 0 Å². The van der Waals surface area contributed by atoms with Gasteiger partial charge in [-0.2, -0.15) is 10.4 Å². The van der Waals surface area contributed by atoms with Gasteiger partial charge in [-0.1, -0.05) is 0 Å². The van der Waals surface area contributed by atoms with Crippen molar-refractivity contribution in [3.63, 3.8) is 0 Å². The molecule has 1 unspecified atom stereocenters. The summed E-state index contributed by atoms with van der Waals surface area (Å²) < 4.78 is 20.4. The average Bonchev–Trinajstić information content (AvgIpc) is 3.13. The number of rotatable bonds is 3. The molecular formula is C14H11FN4O3. The number of hydrogen-bond donors (Lipinski definition) is 1. The number of nitriles is 1. The molecule has 1 aromatic carbocycles. The first-order valence-corrected chi connectivity index (χ1v) is 6.46. The Balaban J connectivity index is 1.90. The van der Waals surface area contributed by atoms with Gasteiger partial charge in [0, 0.05) is 6.20 Å². The minimum Gasteiger partial charge on any atom is -0.441 e. The van der Waals surface area contributed by atoms with Gasteiger partial charge >= 0.3 is 6.09 Å². The van der Waals surface area contributed by atoms with Crippen LogP contribution in [0.25, 0.3) is 5.69 Å². The number of halogens is 1. The fraction of sp³-hybridized carbons (Fsp3) is 0.214. The summed E-state index contributed by atoms with van der Waals surface area (Å²) in [4.78, 5) is 12.9. The second-order valence-electron chi connectivity index (χ2n) is 4.72. The Morgan fingerprint density at radius 2 is 2.36 bits per heavy atom. The molecule has 1 aromatic heterocycles. The zero-order chi connectivity index (χ0) is 15.7. The molecule has 112 valence electrons. The molecular weight excluding hydrogens is 291 g/mol. The van der Waals surface area contributed by atoms with Crippen LogP contribution in [0.3, 0.4) is 0 Å². The van der Waals surface area contributed by atoms with Crippen LogP contribution >= 0.6 is 0 Å². The van der Waals surface area contributed by atoms with Gasteiger partial charge in [-0.05, 0) is 18.2 Å². The molecule has 1 saturated heterocycles. The summed E-state index contributed by atoms with van der Waals surface area (Å²) in [6.07, 6.45) is 1.50. The van der Waals surface area contributed by atoms with Gasteiger partial charge in [-0.25, -0.2) is 13.9 Å². The molecule has 3 rings (SSSR count). The molecule has 0 radical (unpaired) electrons. The van der Waals surface area contributed by atoms with Crippen LogP contribution < -0.4 is 4.90 Å². The summed E-state index contributed by atoms with van der Waals surface area (Å²) in [6, 6.07) is 6.10. The lowest BCUT2D eigenvalue weighted by molar-refractivity contribution is 0.0963. The third kappa shape index (κ3) is 2.38. The Hall–Kier alpha value is -2.92. The first-order chi connectivity index (χ1) is 10.6. The number of nitrogens with zero attached hydrogens (tertiary/aromatic N) is 4. The molecule has 0 aliphatic carbocycles. The second kappa shape index (κ2) is 5.46. The molecule has 2 heterocycles. The van der Waals surface area contributed by atoms with Gasteiger partial charge in [0.1, 0.15) is 17.9 Å². The summed E-state index contributed by atoms with van der Waals surface area (Å²) in [5.41, 5.74) is 0.809. The van der Waals surface area contributed by atoms with Crippen LogP contribution in [0.15, 0.2) is 30.6 Å². The van der Waals surface area contributed by atoms with Gasteiger partial charge in [0.15, 0.2) is 5.82 Å². The Kier molecular flexibility index (Phi) is 3.48. The summed E-state index contributed by atoms with van der Waals surface area (Å²) in [5, 5.41) is 21.7. The molecule has 1 aliphatic rings. The molecule has 2 aromatic rings. The van der Waals surface area contributed by atoms with Crippen LogP contribution in [0, 0.1) is 17.1 Å². The highest BCUT2D eigenvalue weighted by Crippen LogP contribution is 2.25. The van der Waals surface area contributed by atoms with Crippen LogP contribution in [0.1, 0.15) is 5.56 Å². The average molecular weight is 302 g/mol. The molecule has 1 amide bonds. The van der Waals surface area contributed by atoms with Crippen LogP contribution in [-0.4, -0.2) is 40.2 Å². The Labute approximate surface area is 124 Å². The lowest BCUT2D eigenvalue weighted by Gasteiger charge is -2.14. The van der Waals surface area contributed by atoms with Crippen molar-refractivity contribution < 1.29 is 19.0 Å². The molecule has 0 spiro atoms. The monoisotopic (exact) mass is 302 g/mol. The summed E-state index contributed by atoms with van der Waals surface area (Å²) in [5.74, 6) is -0.592.